The third-order valence-corrected chi connectivity index (χ3v) is 5.35. The van der Waals surface area contributed by atoms with Gasteiger partial charge in [0.2, 0.25) is 10.0 Å². The molecule has 2 rings (SSSR count). The van der Waals surface area contributed by atoms with Crippen molar-refractivity contribution < 1.29 is 13.2 Å². The van der Waals surface area contributed by atoms with Crippen LogP contribution < -0.4 is 20.1 Å². The molecule has 0 aliphatic rings. The molecule has 152 valence electrons. The van der Waals surface area contributed by atoms with E-state index in [0.29, 0.717) is 19.0 Å². The predicted octanol–water partition coefficient (Wildman–Crippen LogP) is 2.00. The molecule has 0 saturated carbocycles. The largest absolute Gasteiger partial charge is 0.497 e. The summed E-state index contributed by atoms with van der Waals surface area (Å²) >= 11 is 0. The van der Waals surface area contributed by atoms with Crippen molar-refractivity contribution in [1.29, 1.82) is 0 Å². The lowest BCUT2D eigenvalue weighted by Gasteiger charge is -2.12. The van der Waals surface area contributed by atoms with E-state index in [2.05, 4.69) is 20.3 Å². The highest BCUT2D eigenvalue weighted by Gasteiger charge is 2.08. The van der Waals surface area contributed by atoms with E-state index < -0.39 is 10.0 Å². The molecular formula is C20H28N4O3S. The highest BCUT2D eigenvalue weighted by Crippen LogP contribution is 2.12. The Hall–Kier alpha value is -2.58. The molecule has 2 aromatic carbocycles. The van der Waals surface area contributed by atoms with E-state index in [1.54, 1.807) is 13.2 Å². The summed E-state index contributed by atoms with van der Waals surface area (Å²) in [5.41, 5.74) is 2.77. The first-order valence-corrected chi connectivity index (χ1v) is 10.7. The van der Waals surface area contributed by atoms with Crippen LogP contribution in [-0.2, 0) is 28.9 Å². The number of methoxy groups -OCH3 is 1. The zero-order chi connectivity index (χ0) is 20.4. The molecule has 0 saturated heterocycles. The van der Waals surface area contributed by atoms with Crippen LogP contribution in [0.3, 0.4) is 0 Å². The normalized spacial score (nSPS) is 11.9. The van der Waals surface area contributed by atoms with Crippen molar-refractivity contribution in [1.82, 2.24) is 15.4 Å². The summed E-state index contributed by atoms with van der Waals surface area (Å²) in [4.78, 5) is 4.60. The van der Waals surface area contributed by atoms with E-state index in [0.717, 1.165) is 29.0 Å². The van der Waals surface area contributed by atoms with Gasteiger partial charge in [0.25, 0.3) is 0 Å². The van der Waals surface area contributed by atoms with Crippen LogP contribution in [0, 0.1) is 0 Å². The number of benzene rings is 2. The number of sulfonamides is 1. The number of nitrogens with zero attached hydrogens (tertiary/aromatic N) is 1. The molecular weight excluding hydrogens is 376 g/mol. The lowest BCUT2D eigenvalue weighted by molar-refractivity contribution is 0.414. The Morgan fingerprint density at radius 1 is 1.04 bits per heavy atom. The number of hydrogen-bond donors (Lipinski definition) is 3. The van der Waals surface area contributed by atoms with Gasteiger partial charge in [-0.2, -0.15) is 0 Å². The Kier molecular flexibility index (Phi) is 8.28. The van der Waals surface area contributed by atoms with Crippen molar-refractivity contribution >= 4 is 16.0 Å². The fourth-order valence-electron chi connectivity index (χ4n) is 2.59. The Balaban J connectivity index is 2.03. The van der Waals surface area contributed by atoms with Crippen LogP contribution in [0.5, 0.6) is 5.75 Å². The molecule has 0 bridgehead atoms. The molecule has 0 unspecified atom stereocenters. The highest BCUT2D eigenvalue weighted by atomic mass is 32.2. The quantitative estimate of drug-likeness (QED) is 0.439. The molecule has 7 nitrogen and oxygen atoms in total. The number of hydrogen-bond acceptors (Lipinski definition) is 4. The fraction of sp³-hybridized carbons (Fsp3) is 0.350. The van der Waals surface area contributed by atoms with Crippen molar-refractivity contribution in [2.45, 2.75) is 25.8 Å². The molecule has 0 amide bonds. The summed E-state index contributed by atoms with van der Waals surface area (Å²) < 4.78 is 31.0. The van der Waals surface area contributed by atoms with Crippen molar-refractivity contribution in [3.8, 4) is 5.75 Å². The molecule has 0 aliphatic carbocycles. The van der Waals surface area contributed by atoms with Gasteiger partial charge in [-0.3, -0.25) is 0 Å². The third kappa shape index (κ3) is 7.21. The van der Waals surface area contributed by atoms with E-state index in [1.165, 1.54) is 7.05 Å². The molecule has 0 atom stereocenters. The highest BCUT2D eigenvalue weighted by molar-refractivity contribution is 7.88. The minimum atomic E-state index is -3.29. The molecule has 0 spiro atoms. The van der Waals surface area contributed by atoms with Crippen LogP contribution in [0.2, 0.25) is 0 Å². The number of guanidine groups is 1. The SMILES string of the molecule is CCNC(=NCc1cccc(CS(=O)(=O)NC)c1)NCc1cccc(OC)c1. The van der Waals surface area contributed by atoms with Crippen molar-refractivity contribution in [3.63, 3.8) is 0 Å². The van der Waals surface area contributed by atoms with Crippen LogP contribution in [0.25, 0.3) is 0 Å². The number of ether oxygens (including phenoxy) is 1. The summed E-state index contributed by atoms with van der Waals surface area (Å²) in [6, 6.07) is 15.3. The van der Waals surface area contributed by atoms with Gasteiger partial charge in [0.1, 0.15) is 5.75 Å². The molecule has 0 aromatic heterocycles. The average Bonchev–Trinajstić information content (AvgIpc) is 2.70. The van der Waals surface area contributed by atoms with Crippen LogP contribution >= 0.6 is 0 Å². The van der Waals surface area contributed by atoms with Crippen molar-refractivity contribution in [2.75, 3.05) is 20.7 Å². The Bertz CT molecular complexity index is 898. The van der Waals surface area contributed by atoms with Crippen molar-refractivity contribution in [2.24, 2.45) is 4.99 Å². The van der Waals surface area contributed by atoms with Gasteiger partial charge in [0.05, 0.1) is 19.4 Å². The van der Waals surface area contributed by atoms with Gasteiger partial charge in [0.15, 0.2) is 5.96 Å². The molecule has 8 heteroatoms. The molecule has 2 aromatic rings. The number of rotatable bonds is 9. The lowest BCUT2D eigenvalue weighted by Crippen LogP contribution is -2.36. The fourth-order valence-corrected chi connectivity index (χ4v) is 3.35. The van der Waals surface area contributed by atoms with E-state index in [1.807, 2.05) is 49.4 Å². The number of aliphatic imine (C=N–C) groups is 1. The minimum Gasteiger partial charge on any atom is -0.497 e. The lowest BCUT2D eigenvalue weighted by atomic mass is 10.1. The van der Waals surface area contributed by atoms with E-state index in [9.17, 15) is 8.42 Å². The maximum Gasteiger partial charge on any atom is 0.215 e. The molecule has 0 radical (unpaired) electrons. The van der Waals surface area contributed by atoms with E-state index >= 15 is 0 Å². The summed E-state index contributed by atoms with van der Waals surface area (Å²) in [7, 11) is -0.231. The average molecular weight is 405 g/mol. The second-order valence-corrected chi connectivity index (χ2v) is 8.11. The summed E-state index contributed by atoms with van der Waals surface area (Å²) in [6.07, 6.45) is 0. The maximum absolute atomic E-state index is 11.7. The van der Waals surface area contributed by atoms with Gasteiger partial charge in [-0.25, -0.2) is 18.1 Å². The monoisotopic (exact) mass is 404 g/mol. The molecule has 0 fully saturated rings. The van der Waals surface area contributed by atoms with Gasteiger partial charge in [-0.05, 0) is 42.8 Å². The summed E-state index contributed by atoms with van der Waals surface area (Å²) in [6.45, 7) is 3.81. The van der Waals surface area contributed by atoms with Gasteiger partial charge < -0.3 is 15.4 Å². The Labute approximate surface area is 167 Å². The van der Waals surface area contributed by atoms with Crippen LogP contribution in [-0.4, -0.2) is 35.1 Å². The molecule has 28 heavy (non-hydrogen) atoms. The molecule has 3 N–H and O–H groups in total. The van der Waals surface area contributed by atoms with Crippen LogP contribution in [0.1, 0.15) is 23.6 Å². The zero-order valence-electron chi connectivity index (χ0n) is 16.5. The summed E-state index contributed by atoms with van der Waals surface area (Å²) in [5, 5.41) is 6.51. The standard InChI is InChI=1S/C20H28N4O3S/c1-4-22-20(24-14-17-8-6-10-19(12-17)27-3)23-13-16-7-5-9-18(11-16)15-28(25,26)21-2/h5-12,21H,4,13-15H2,1-3H3,(H2,22,23,24). The maximum atomic E-state index is 11.7. The van der Waals surface area contributed by atoms with Gasteiger partial charge in [0, 0.05) is 13.1 Å². The summed E-state index contributed by atoms with van der Waals surface area (Å²) in [5.74, 6) is 1.46. The third-order valence-electron chi connectivity index (χ3n) is 4.02. The second-order valence-electron chi connectivity index (χ2n) is 6.18. The first-order valence-electron chi connectivity index (χ1n) is 9.10. The molecule has 0 heterocycles. The predicted molar refractivity (Wildman–Crippen MR) is 113 cm³/mol. The Morgan fingerprint density at radius 2 is 1.75 bits per heavy atom. The van der Waals surface area contributed by atoms with E-state index in [4.69, 9.17) is 4.74 Å². The van der Waals surface area contributed by atoms with Gasteiger partial charge >= 0.3 is 0 Å². The van der Waals surface area contributed by atoms with Crippen molar-refractivity contribution in [3.05, 3.63) is 65.2 Å². The smallest absolute Gasteiger partial charge is 0.215 e. The van der Waals surface area contributed by atoms with E-state index in [-0.39, 0.29) is 5.75 Å². The van der Waals surface area contributed by atoms with Gasteiger partial charge in [-0.15, -0.1) is 0 Å². The first kappa shape index (κ1) is 21.7. The first-order chi connectivity index (χ1) is 13.5. The van der Waals surface area contributed by atoms with Crippen LogP contribution in [0.4, 0.5) is 0 Å². The Morgan fingerprint density at radius 3 is 2.46 bits per heavy atom. The number of nitrogens with one attached hydrogen (secondary N) is 3. The topological polar surface area (TPSA) is 91.8 Å². The second kappa shape index (κ2) is 10.7. The van der Waals surface area contributed by atoms with Crippen LogP contribution in [0.15, 0.2) is 53.5 Å². The van der Waals surface area contributed by atoms with Gasteiger partial charge in [-0.1, -0.05) is 36.4 Å². The minimum absolute atomic E-state index is 0.0464. The zero-order valence-corrected chi connectivity index (χ0v) is 17.3. The molecule has 0 aliphatic heterocycles.